The van der Waals surface area contributed by atoms with Crippen LogP contribution in [0.5, 0.6) is 0 Å². The van der Waals surface area contributed by atoms with E-state index in [0.717, 1.165) is 13.1 Å². The van der Waals surface area contributed by atoms with Crippen molar-refractivity contribution in [3.8, 4) is 0 Å². The molecular weight excluding hydrogens is 186 g/mol. The molecule has 0 radical (unpaired) electrons. The lowest BCUT2D eigenvalue weighted by atomic mass is 10.0. The van der Waals surface area contributed by atoms with Crippen molar-refractivity contribution in [3.63, 3.8) is 0 Å². The number of benzene rings is 1. The van der Waals surface area contributed by atoms with Crippen molar-refractivity contribution in [1.29, 1.82) is 0 Å². The van der Waals surface area contributed by atoms with Crippen LogP contribution in [-0.4, -0.2) is 12.2 Å². The predicted octanol–water partition coefficient (Wildman–Crippen LogP) is 0.972. The summed E-state index contributed by atoms with van der Waals surface area (Å²) in [6, 6.07) is 8.63. The van der Waals surface area contributed by atoms with Gasteiger partial charge in [0.2, 0.25) is 0 Å². The molecule has 1 heterocycles. The molecule has 0 saturated heterocycles. The summed E-state index contributed by atoms with van der Waals surface area (Å²) in [4.78, 5) is 0. The highest BCUT2D eigenvalue weighted by molar-refractivity contribution is 5.28. The standard InChI is InChI=1S/C9H11N.C3H10N2/c1-2-4-9-7-10-6-5-8(9)3-1;1-3(2,4)5/h1-4,10H,5-7H2;4-5H2,1-2H3. The Labute approximate surface area is 91.9 Å². The minimum Gasteiger partial charge on any atom is -0.314 e. The monoisotopic (exact) mass is 207 g/mol. The first kappa shape index (κ1) is 12.2. The molecule has 0 spiro atoms. The molecule has 3 heteroatoms. The van der Waals surface area contributed by atoms with Gasteiger partial charge in [-0.2, -0.15) is 0 Å². The van der Waals surface area contributed by atoms with Crippen LogP contribution in [0.2, 0.25) is 0 Å². The van der Waals surface area contributed by atoms with Gasteiger partial charge in [-0.3, -0.25) is 0 Å². The Morgan fingerprint density at radius 3 is 2.20 bits per heavy atom. The summed E-state index contributed by atoms with van der Waals surface area (Å²) in [6.45, 7) is 5.67. The largest absolute Gasteiger partial charge is 0.314 e. The van der Waals surface area contributed by atoms with Crippen LogP contribution in [0.25, 0.3) is 0 Å². The number of nitrogens with one attached hydrogen (secondary N) is 1. The van der Waals surface area contributed by atoms with Gasteiger partial charge in [-0.15, -0.1) is 0 Å². The van der Waals surface area contributed by atoms with E-state index >= 15 is 0 Å². The lowest BCUT2D eigenvalue weighted by Gasteiger charge is -2.15. The van der Waals surface area contributed by atoms with Gasteiger partial charge >= 0.3 is 0 Å². The molecule has 2 rings (SSSR count). The number of rotatable bonds is 0. The fourth-order valence-electron chi connectivity index (χ4n) is 1.42. The van der Waals surface area contributed by atoms with E-state index in [1.165, 1.54) is 17.5 Å². The lowest BCUT2D eigenvalue weighted by molar-refractivity contribution is 0.547. The number of hydrogen-bond acceptors (Lipinski definition) is 3. The smallest absolute Gasteiger partial charge is 0.0578 e. The highest BCUT2D eigenvalue weighted by Gasteiger charge is 2.05. The van der Waals surface area contributed by atoms with E-state index in [0.29, 0.717) is 0 Å². The topological polar surface area (TPSA) is 64.1 Å². The molecule has 0 aliphatic carbocycles. The first-order chi connectivity index (χ1) is 6.97. The van der Waals surface area contributed by atoms with Crippen LogP contribution in [0.4, 0.5) is 0 Å². The first-order valence-electron chi connectivity index (χ1n) is 5.32. The molecule has 0 amide bonds. The predicted molar refractivity (Wildman–Crippen MR) is 64.3 cm³/mol. The Morgan fingerprint density at radius 2 is 1.67 bits per heavy atom. The zero-order chi connectivity index (χ0) is 11.3. The van der Waals surface area contributed by atoms with Crippen molar-refractivity contribution >= 4 is 0 Å². The summed E-state index contributed by atoms with van der Waals surface area (Å²) < 4.78 is 0. The Morgan fingerprint density at radius 1 is 1.13 bits per heavy atom. The van der Waals surface area contributed by atoms with Crippen LogP contribution in [0.3, 0.4) is 0 Å². The van der Waals surface area contributed by atoms with Gasteiger partial charge < -0.3 is 16.8 Å². The molecule has 0 aromatic heterocycles. The van der Waals surface area contributed by atoms with Crippen LogP contribution in [-0.2, 0) is 13.0 Å². The van der Waals surface area contributed by atoms with Crippen LogP contribution < -0.4 is 16.8 Å². The molecule has 1 aromatic carbocycles. The molecule has 1 aliphatic rings. The van der Waals surface area contributed by atoms with Crippen molar-refractivity contribution in [2.45, 2.75) is 32.5 Å². The average molecular weight is 207 g/mol. The van der Waals surface area contributed by atoms with E-state index in [1.54, 1.807) is 13.8 Å². The summed E-state index contributed by atoms with van der Waals surface area (Å²) in [6.07, 6.45) is 1.19. The normalized spacial score (nSPS) is 14.9. The third-order valence-electron chi connectivity index (χ3n) is 2.00. The van der Waals surface area contributed by atoms with E-state index in [4.69, 9.17) is 11.5 Å². The first-order valence-corrected chi connectivity index (χ1v) is 5.32. The molecule has 0 saturated carbocycles. The maximum atomic E-state index is 5.13. The van der Waals surface area contributed by atoms with Gasteiger partial charge in [0.05, 0.1) is 5.66 Å². The molecule has 84 valence electrons. The van der Waals surface area contributed by atoms with Gasteiger partial charge in [0.15, 0.2) is 0 Å². The van der Waals surface area contributed by atoms with Crippen molar-refractivity contribution < 1.29 is 0 Å². The Bertz CT molecular complexity index is 271. The molecule has 0 atom stereocenters. The van der Waals surface area contributed by atoms with Gasteiger partial charge in [0.25, 0.3) is 0 Å². The molecule has 5 N–H and O–H groups in total. The Hall–Kier alpha value is -0.900. The van der Waals surface area contributed by atoms with Crippen LogP contribution in [0.15, 0.2) is 24.3 Å². The summed E-state index contributed by atoms with van der Waals surface area (Å²) in [5.41, 5.74) is 12.7. The van der Waals surface area contributed by atoms with Crippen molar-refractivity contribution in [2.24, 2.45) is 11.5 Å². The van der Waals surface area contributed by atoms with Crippen molar-refractivity contribution in [3.05, 3.63) is 35.4 Å². The molecule has 0 unspecified atom stereocenters. The van der Waals surface area contributed by atoms with E-state index in [-0.39, 0.29) is 0 Å². The van der Waals surface area contributed by atoms with Gasteiger partial charge in [-0.25, -0.2) is 0 Å². The average Bonchev–Trinajstić information content (AvgIpc) is 2.16. The fourth-order valence-corrected chi connectivity index (χ4v) is 1.42. The summed E-state index contributed by atoms with van der Waals surface area (Å²) >= 11 is 0. The van der Waals surface area contributed by atoms with Gasteiger partial charge in [0, 0.05) is 6.54 Å². The zero-order valence-electron chi connectivity index (χ0n) is 9.59. The van der Waals surface area contributed by atoms with Crippen LogP contribution >= 0.6 is 0 Å². The molecule has 1 aliphatic heterocycles. The van der Waals surface area contributed by atoms with Gasteiger partial charge in [0.1, 0.15) is 0 Å². The summed E-state index contributed by atoms with van der Waals surface area (Å²) in [5, 5.41) is 3.34. The van der Waals surface area contributed by atoms with Crippen molar-refractivity contribution in [1.82, 2.24) is 5.32 Å². The summed E-state index contributed by atoms with van der Waals surface area (Å²) in [7, 11) is 0. The van der Waals surface area contributed by atoms with E-state index in [9.17, 15) is 0 Å². The number of fused-ring (bicyclic) bond motifs is 1. The molecule has 0 fully saturated rings. The lowest BCUT2D eigenvalue weighted by Crippen LogP contribution is -2.42. The Balaban J connectivity index is 0.000000195. The van der Waals surface area contributed by atoms with Crippen LogP contribution in [0.1, 0.15) is 25.0 Å². The van der Waals surface area contributed by atoms with Crippen molar-refractivity contribution in [2.75, 3.05) is 6.54 Å². The number of hydrogen-bond donors (Lipinski definition) is 3. The van der Waals surface area contributed by atoms with Gasteiger partial charge in [-0.1, -0.05) is 24.3 Å². The zero-order valence-corrected chi connectivity index (χ0v) is 9.59. The van der Waals surface area contributed by atoms with E-state index in [1.807, 2.05) is 0 Å². The minimum absolute atomic E-state index is 0.500. The third-order valence-corrected chi connectivity index (χ3v) is 2.00. The molecule has 3 nitrogen and oxygen atoms in total. The van der Waals surface area contributed by atoms with E-state index < -0.39 is 5.66 Å². The van der Waals surface area contributed by atoms with Crippen LogP contribution in [0, 0.1) is 0 Å². The summed E-state index contributed by atoms with van der Waals surface area (Å²) in [5.74, 6) is 0. The number of nitrogens with two attached hydrogens (primary N) is 2. The fraction of sp³-hybridized carbons (Fsp3) is 0.500. The van der Waals surface area contributed by atoms with Gasteiger partial charge in [-0.05, 0) is 37.9 Å². The molecular formula is C12H21N3. The second-order valence-electron chi connectivity index (χ2n) is 4.52. The SMILES string of the molecule is CC(C)(N)N.c1ccc2c(c1)CCNC2. The quantitative estimate of drug-likeness (QED) is 0.555. The second-order valence-corrected chi connectivity index (χ2v) is 4.52. The maximum absolute atomic E-state index is 5.13. The highest BCUT2D eigenvalue weighted by atomic mass is 14.9. The minimum atomic E-state index is -0.500. The third kappa shape index (κ3) is 5.52. The second kappa shape index (κ2) is 5.26. The van der Waals surface area contributed by atoms with E-state index in [2.05, 4.69) is 29.6 Å². The maximum Gasteiger partial charge on any atom is 0.0578 e. The molecule has 1 aromatic rings. The molecule has 15 heavy (non-hydrogen) atoms. The highest BCUT2D eigenvalue weighted by Crippen LogP contribution is 2.11. The molecule has 0 bridgehead atoms. The Kier molecular flexibility index (Phi) is 4.27.